The topological polar surface area (TPSA) is 70.6 Å². The van der Waals surface area contributed by atoms with Crippen LogP contribution in [0.2, 0.25) is 5.02 Å². The number of nitrogens with one attached hydrogen (secondary N) is 2. The van der Waals surface area contributed by atoms with E-state index in [9.17, 15) is 9.59 Å². The fourth-order valence-electron chi connectivity index (χ4n) is 1.79. The quantitative estimate of drug-likeness (QED) is 0.516. The number of hydrogen-bond donors (Lipinski definition) is 2. The van der Waals surface area contributed by atoms with Crippen molar-refractivity contribution in [3.05, 3.63) is 64.7 Å². The van der Waals surface area contributed by atoms with Crippen LogP contribution in [0.15, 0.2) is 53.6 Å². The molecule has 0 unspecified atom stereocenters. The average Bonchev–Trinajstić information content (AvgIpc) is 2.54. The van der Waals surface area contributed by atoms with E-state index in [0.717, 1.165) is 11.1 Å². The Balaban J connectivity index is 1.96. The van der Waals surface area contributed by atoms with E-state index in [2.05, 4.69) is 15.8 Å². The minimum atomic E-state index is -0.841. The lowest BCUT2D eigenvalue weighted by Crippen LogP contribution is -2.32. The number of halogens is 1. The van der Waals surface area contributed by atoms with Crippen LogP contribution in [0, 0.1) is 6.92 Å². The summed E-state index contributed by atoms with van der Waals surface area (Å²) >= 11 is 5.90. The van der Waals surface area contributed by atoms with Gasteiger partial charge in [-0.1, -0.05) is 41.4 Å². The molecule has 23 heavy (non-hydrogen) atoms. The van der Waals surface area contributed by atoms with Gasteiger partial charge in [0.25, 0.3) is 0 Å². The maximum Gasteiger partial charge on any atom is 0.329 e. The number of hydrogen-bond acceptors (Lipinski definition) is 3. The Morgan fingerprint density at radius 1 is 1.04 bits per heavy atom. The number of anilines is 1. The third kappa shape index (κ3) is 4.93. The molecule has 0 saturated carbocycles. The number of aryl methyl sites for hydroxylation is 1. The van der Waals surface area contributed by atoms with Crippen LogP contribution in [-0.4, -0.2) is 17.5 Å². The maximum atomic E-state index is 11.8. The molecule has 0 fully saturated rings. The lowest BCUT2D eigenvalue weighted by molar-refractivity contribution is -0.136. The van der Waals surface area contributed by atoms with E-state index in [0.29, 0.717) is 16.4 Å². The summed E-state index contributed by atoms with van der Waals surface area (Å²) in [6.45, 7) is 3.65. The Bertz CT molecular complexity index is 755. The number of nitrogens with zero attached hydrogens (tertiary/aromatic N) is 1. The molecule has 2 aromatic carbocycles. The standard InChI is InChI=1S/C17H16ClN3O2/c1-11-6-8-15(9-7-11)19-16(22)17(23)21-20-12(2)13-4-3-5-14(18)10-13/h3-10H,1-2H3,(H,19,22)(H,21,23)/b20-12-. The van der Waals surface area contributed by atoms with Crippen molar-refractivity contribution in [2.75, 3.05) is 5.32 Å². The highest BCUT2D eigenvalue weighted by molar-refractivity contribution is 6.39. The van der Waals surface area contributed by atoms with Crippen molar-refractivity contribution < 1.29 is 9.59 Å². The summed E-state index contributed by atoms with van der Waals surface area (Å²) in [6.07, 6.45) is 0. The highest BCUT2D eigenvalue weighted by Crippen LogP contribution is 2.11. The molecule has 2 rings (SSSR count). The molecule has 2 aromatic rings. The smallest absolute Gasteiger partial charge is 0.318 e. The van der Waals surface area contributed by atoms with Crippen molar-refractivity contribution in [2.45, 2.75) is 13.8 Å². The predicted molar refractivity (Wildman–Crippen MR) is 91.6 cm³/mol. The van der Waals surface area contributed by atoms with Crippen LogP contribution in [0.4, 0.5) is 5.69 Å². The number of amides is 2. The highest BCUT2D eigenvalue weighted by Gasteiger charge is 2.13. The second-order valence-corrected chi connectivity index (χ2v) is 5.41. The normalized spacial score (nSPS) is 11.0. The van der Waals surface area contributed by atoms with Crippen LogP contribution < -0.4 is 10.7 Å². The summed E-state index contributed by atoms with van der Waals surface area (Å²) < 4.78 is 0. The molecule has 0 saturated heterocycles. The van der Waals surface area contributed by atoms with Gasteiger partial charge >= 0.3 is 11.8 Å². The van der Waals surface area contributed by atoms with Gasteiger partial charge in [-0.3, -0.25) is 9.59 Å². The van der Waals surface area contributed by atoms with E-state index in [1.807, 2.05) is 25.1 Å². The summed E-state index contributed by atoms with van der Waals surface area (Å²) in [4.78, 5) is 23.5. The van der Waals surface area contributed by atoms with Crippen LogP contribution in [0.1, 0.15) is 18.1 Å². The van der Waals surface area contributed by atoms with E-state index >= 15 is 0 Å². The van der Waals surface area contributed by atoms with Gasteiger partial charge in [0.1, 0.15) is 0 Å². The molecule has 0 bridgehead atoms. The molecule has 0 aliphatic carbocycles. The Morgan fingerprint density at radius 3 is 2.39 bits per heavy atom. The first-order valence-corrected chi connectivity index (χ1v) is 7.32. The Labute approximate surface area is 139 Å². The van der Waals surface area contributed by atoms with Crippen molar-refractivity contribution >= 4 is 34.8 Å². The predicted octanol–water partition coefficient (Wildman–Crippen LogP) is 3.13. The van der Waals surface area contributed by atoms with Gasteiger partial charge in [0, 0.05) is 10.7 Å². The number of rotatable bonds is 3. The minimum Gasteiger partial charge on any atom is -0.318 e. The molecular formula is C17H16ClN3O2. The molecule has 2 N–H and O–H groups in total. The number of hydrazone groups is 1. The first-order valence-electron chi connectivity index (χ1n) is 6.94. The third-order valence-electron chi connectivity index (χ3n) is 3.08. The van der Waals surface area contributed by atoms with Crippen LogP contribution in [0.3, 0.4) is 0 Å². The number of carbonyl (C=O) groups excluding carboxylic acids is 2. The van der Waals surface area contributed by atoms with Crippen molar-refractivity contribution in [1.29, 1.82) is 0 Å². The second-order valence-electron chi connectivity index (χ2n) is 4.97. The molecule has 0 heterocycles. The summed E-state index contributed by atoms with van der Waals surface area (Å²) in [7, 11) is 0. The molecule has 0 spiro atoms. The first-order chi connectivity index (χ1) is 11.0. The molecule has 2 amide bonds. The highest BCUT2D eigenvalue weighted by atomic mass is 35.5. The molecule has 0 aromatic heterocycles. The van der Waals surface area contributed by atoms with Crippen LogP contribution in [-0.2, 0) is 9.59 Å². The van der Waals surface area contributed by atoms with Gasteiger partial charge < -0.3 is 5.32 Å². The van der Waals surface area contributed by atoms with Crippen molar-refractivity contribution in [2.24, 2.45) is 5.10 Å². The van der Waals surface area contributed by atoms with Crippen LogP contribution in [0.25, 0.3) is 0 Å². The van der Waals surface area contributed by atoms with Gasteiger partial charge in [-0.05, 0) is 43.7 Å². The summed E-state index contributed by atoms with van der Waals surface area (Å²) in [5.74, 6) is -1.62. The summed E-state index contributed by atoms with van der Waals surface area (Å²) in [5.41, 5.74) is 5.14. The molecular weight excluding hydrogens is 314 g/mol. The Kier molecular flexibility index (Phi) is 5.49. The van der Waals surface area contributed by atoms with E-state index < -0.39 is 11.8 Å². The SMILES string of the molecule is C/C(=N/NC(=O)C(=O)Nc1ccc(C)cc1)c1cccc(Cl)c1. The fraction of sp³-hybridized carbons (Fsp3) is 0.118. The first kappa shape index (κ1) is 16.7. The van der Waals surface area contributed by atoms with Crippen molar-refractivity contribution in [1.82, 2.24) is 5.43 Å². The monoisotopic (exact) mass is 329 g/mol. The van der Waals surface area contributed by atoms with E-state index in [1.165, 1.54) is 0 Å². The maximum absolute atomic E-state index is 11.8. The molecule has 0 aliphatic rings. The molecule has 0 aliphatic heterocycles. The van der Waals surface area contributed by atoms with Gasteiger partial charge in [0.15, 0.2) is 0 Å². The molecule has 118 valence electrons. The van der Waals surface area contributed by atoms with Crippen LogP contribution in [0.5, 0.6) is 0 Å². The zero-order chi connectivity index (χ0) is 16.8. The molecule has 6 heteroatoms. The third-order valence-corrected chi connectivity index (χ3v) is 3.32. The van der Waals surface area contributed by atoms with E-state index in [-0.39, 0.29) is 0 Å². The molecule has 5 nitrogen and oxygen atoms in total. The largest absolute Gasteiger partial charge is 0.329 e. The minimum absolute atomic E-state index is 0.545. The van der Waals surface area contributed by atoms with Gasteiger partial charge in [0.2, 0.25) is 0 Å². The molecule has 0 atom stereocenters. The van der Waals surface area contributed by atoms with Crippen molar-refractivity contribution in [3.8, 4) is 0 Å². The number of carbonyl (C=O) groups is 2. The summed E-state index contributed by atoms with van der Waals surface area (Å²) in [5, 5.41) is 6.98. The van der Waals surface area contributed by atoms with E-state index in [1.54, 1.807) is 37.3 Å². The van der Waals surface area contributed by atoms with Gasteiger partial charge in [-0.25, -0.2) is 5.43 Å². The lowest BCUT2D eigenvalue weighted by Gasteiger charge is -2.05. The zero-order valence-corrected chi connectivity index (χ0v) is 13.5. The summed E-state index contributed by atoms with van der Waals surface area (Å²) in [6, 6.07) is 14.2. The zero-order valence-electron chi connectivity index (χ0n) is 12.8. The van der Waals surface area contributed by atoms with Gasteiger partial charge in [-0.2, -0.15) is 5.10 Å². The Hall–Kier alpha value is -2.66. The fourth-order valence-corrected chi connectivity index (χ4v) is 1.98. The lowest BCUT2D eigenvalue weighted by atomic mass is 10.1. The van der Waals surface area contributed by atoms with Gasteiger partial charge in [0.05, 0.1) is 5.71 Å². The second kappa shape index (κ2) is 7.56. The molecule has 0 radical (unpaired) electrons. The van der Waals surface area contributed by atoms with Gasteiger partial charge in [-0.15, -0.1) is 0 Å². The Morgan fingerprint density at radius 2 is 1.74 bits per heavy atom. The average molecular weight is 330 g/mol. The number of benzene rings is 2. The van der Waals surface area contributed by atoms with E-state index in [4.69, 9.17) is 11.6 Å². The van der Waals surface area contributed by atoms with Crippen LogP contribution >= 0.6 is 11.6 Å². The van der Waals surface area contributed by atoms with Crippen molar-refractivity contribution in [3.63, 3.8) is 0 Å².